The van der Waals surface area contributed by atoms with Gasteiger partial charge in [0.1, 0.15) is 0 Å². The number of carbonyl (C=O) groups is 1. The minimum Gasteiger partial charge on any atom is -0.393 e. The molecule has 0 radical (unpaired) electrons. The maximum absolute atomic E-state index is 11.9. The fraction of sp³-hybridized carbons (Fsp3) is 0.462. The Morgan fingerprint density at radius 1 is 1.38 bits per heavy atom. The number of hydrogen-bond donors (Lipinski definition) is 2. The van der Waals surface area contributed by atoms with Crippen molar-refractivity contribution < 1.29 is 9.90 Å². The average molecular weight is 221 g/mol. The Balaban J connectivity index is 2.63. The van der Waals surface area contributed by atoms with Gasteiger partial charge in [-0.15, -0.1) is 0 Å². The maximum atomic E-state index is 11.9. The monoisotopic (exact) mass is 221 g/mol. The molecule has 1 rings (SSSR count). The van der Waals surface area contributed by atoms with Gasteiger partial charge in [0.05, 0.1) is 6.10 Å². The van der Waals surface area contributed by atoms with Crippen LogP contribution in [-0.2, 0) is 0 Å². The van der Waals surface area contributed by atoms with E-state index < -0.39 is 6.10 Å². The van der Waals surface area contributed by atoms with Crippen molar-refractivity contribution in [2.45, 2.75) is 39.3 Å². The zero-order valence-electron chi connectivity index (χ0n) is 10.0. The molecule has 0 heterocycles. The molecule has 0 aromatic heterocycles. The van der Waals surface area contributed by atoms with Crippen LogP contribution >= 0.6 is 0 Å². The van der Waals surface area contributed by atoms with E-state index >= 15 is 0 Å². The van der Waals surface area contributed by atoms with E-state index in [1.807, 2.05) is 32.0 Å². The van der Waals surface area contributed by atoms with Crippen molar-refractivity contribution in [1.29, 1.82) is 0 Å². The predicted molar refractivity (Wildman–Crippen MR) is 64.4 cm³/mol. The van der Waals surface area contributed by atoms with Gasteiger partial charge in [0.15, 0.2) is 0 Å². The highest BCUT2D eigenvalue weighted by atomic mass is 16.3. The molecular formula is C13H19NO2. The first-order valence-corrected chi connectivity index (χ1v) is 5.55. The molecule has 1 amide bonds. The van der Waals surface area contributed by atoms with Gasteiger partial charge in [0, 0.05) is 11.6 Å². The average Bonchev–Trinajstić information content (AvgIpc) is 2.16. The number of carbonyl (C=O) groups excluding carboxylic acids is 1. The molecule has 0 aliphatic heterocycles. The molecule has 2 N–H and O–H groups in total. The number of rotatable bonds is 4. The van der Waals surface area contributed by atoms with E-state index in [1.54, 1.807) is 13.0 Å². The predicted octanol–water partition coefficient (Wildman–Crippen LogP) is 1.88. The summed E-state index contributed by atoms with van der Waals surface area (Å²) in [6.45, 7) is 5.52. The quantitative estimate of drug-likeness (QED) is 0.815. The van der Waals surface area contributed by atoms with E-state index in [0.29, 0.717) is 12.0 Å². The van der Waals surface area contributed by atoms with Crippen molar-refractivity contribution in [1.82, 2.24) is 5.32 Å². The number of amides is 1. The number of nitrogens with one attached hydrogen (secondary N) is 1. The zero-order chi connectivity index (χ0) is 12.1. The Morgan fingerprint density at radius 3 is 2.56 bits per heavy atom. The minimum atomic E-state index is -0.396. The van der Waals surface area contributed by atoms with Crippen molar-refractivity contribution in [3.05, 3.63) is 35.4 Å². The molecule has 2 unspecified atom stereocenters. The first kappa shape index (κ1) is 12.7. The normalized spacial score (nSPS) is 14.2. The molecule has 3 nitrogen and oxygen atoms in total. The third-order valence-corrected chi connectivity index (χ3v) is 2.46. The number of hydrogen-bond acceptors (Lipinski definition) is 2. The van der Waals surface area contributed by atoms with Gasteiger partial charge in [0.25, 0.3) is 5.91 Å². The summed E-state index contributed by atoms with van der Waals surface area (Å²) in [6, 6.07) is 7.45. The van der Waals surface area contributed by atoms with Crippen molar-refractivity contribution >= 4 is 5.91 Å². The molecule has 1 aromatic carbocycles. The van der Waals surface area contributed by atoms with Gasteiger partial charge in [0.2, 0.25) is 0 Å². The van der Waals surface area contributed by atoms with Crippen LogP contribution in [0.3, 0.4) is 0 Å². The van der Waals surface area contributed by atoms with Gasteiger partial charge < -0.3 is 10.4 Å². The summed E-state index contributed by atoms with van der Waals surface area (Å²) in [7, 11) is 0. The maximum Gasteiger partial charge on any atom is 0.251 e. The largest absolute Gasteiger partial charge is 0.393 e. The Hall–Kier alpha value is -1.35. The van der Waals surface area contributed by atoms with Crippen LogP contribution in [0, 0.1) is 6.92 Å². The van der Waals surface area contributed by atoms with Crippen LogP contribution in [0.1, 0.15) is 36.2 Å². The van der Waals surface area contributed by atoms with E-state index in [0.717, 1.165) is 5.56 Å². The first-order valence-electron chi connectivity index (χ1n) is 5.55. The molecular weight excluding hydrogens is 202 g/mol. The van der Waals surface area contributed by atoms with Crippen LogP contribution in [0.5, 0.6) is 0 Å². The van der Waals surface area contributed by atoms with Crippen LogP contribution < -0.4 is 5.32 Å². The molecule has 0 bridgehead atoms. The van der Waals surface area contributed by atoms with Gasteiger partial charge in [-0.2, -0.15) is 0 Å². The van der Waals surface area contributed by atoms with E-state index in [4.69, 9.17) is 0 Å². The molecule has 16 heavy (non-hydrogen) atoms. The van der Waals surface area contributed by atoms with Crippen LogP contribution in [0.15, 0.2) is 24.3 Å². The molecule has 3 heteroatoms. The summed E-state index contributed by atoms with van der Waals surface area (Å²) in [5.74, 6) is -0.0775. The summed E-state index contributed by atoms with van der Waals surface area (Å²) >= 11 is 0. The molecule has 0 aliphatic rings. The molecule has 0 fully saturated rings. The SMILES string of the molecule is Cc1ccccc1C(=O)NC(C)CC(C)O. The summed E-state index contributed by atoms with van der Waals surface area (Å²) in [5.41, 5.74) is 1.66. The van der Waals surface area contributed by atoms with Gasteiger partial charge in [-0.25, -0.2) is 0 Å². The van der Waals surface area contributed by atoms with Gasteiger partial charge in [-0.3, -0.25) is 4.79 Å². The van der Waals surface area contributed by atoms with Crippen molar-refractivity contribution in [3.63, 3.8) is 0 Å². The second-order valence-electron chi connectivity index (χ2n) is 4.27. The van der Waals surface area contributed by atoms with Gasteiger partial charge in [-0.1, -0.05) is 18.2 Å². The van der Waals surface area contributed by atoms with Crippen LogP contribution in [-0.4, -0.2) is 23.2 Å². The smallest absolute Gasteiger partial charge is 0.251 e. The van der Waals surface area contributed by atoms with E-state index in [-0.39, 0.29) is 11.9 Å². The van der Waals surface area contributed by atoms with Crippen LogP contribution in [0.4, 0.5) is 0 Å². The van der Waals surface area contributed by atoms with E-state index in [2.05, 4.69) is 5.32 Å². The number of aryl methyl sites for hydroxylation is 1. The van der Waals surface area contributed by atoms with Crippen molar-refractivity contribution in [3.8, 4) is 0 Å². The fourth-order valence-corrected chi connectivity index (χ4v) is 1.70. The third-order valence-electron chi connectivity index (χ3n) is 2.46. The Labute approximate surface area is 96.5 Å². The van der Waals surface area contributed by atoms with Gasteiger partial charge >= 0.3 is 0 Å². The van der Waals surface area contributed by atoms with Crippen LogP contribution in [0.2, 0.25) is 0 Å². The number of aliphatic hydroxyl groups is 1. The molecule has 0 aliphatic carbocycles. The molecule has 0 saturated heterocycles. The van der Waals surface area contributed by atoms with E-state index in [9.17, 15) is 9.90 Å². The van der Waals surface area contributed by atoms with Crippen molar-refractivity contribution in [2.75, 3.05) is 0 Å². The highest BCUT2D eigenvalue weighted by Gasteiger charge is 2.12. The standard InChI is InChI=1S/C13H19NO2/c1-9-6-4-5-7-12(9)13(16)14-10(2)8-11(3)15/h4-7,10-11,15H,8H2,1-3H3,(H,14,16). The topological polar surface area (TPSA) is 49.3 Å². The lowest BCUT2D eigenvalue weighted by molar-refractivity contribution is 0.0922. The zero-order valence-corrected chi connectivity index (χ0v) is 10.0. The lowest BCUT2D eigenvalue weighted by atomic mass is 10.1. The Morgan fingerprint density at radius 2 is 2.00 bits per heavy atom. The highest BCUT2D eigenvalue weighted by molar-refractivity contribution is 5.95. The second-order valence-corrected chi connectivity index (χ2v) is 4.27. The van der Waals surface area contributed by atoms with Crippen LogP contribution in [0.25, 0.3) is 0 Å². The number of benzene rings is 1. The third kappa shape index (κ3) is 3.66. The molecule has 88 valence electrons. The summed E-state index contributed by atoms with van der Waals surface area (Å²) in [6.07, 6.45) is 0.171. The lowest BCUT2D eigenvalue weighted by Gasteiger charge is -2.16. The molecule has 0 spiro atoms. The molecule has 2 atom stereocenters. The van der Waals surface area contributed by atoms with Gasteiger partial charge in [-0.05, 0) is 38.8 Å². The minimum absolute atomic E-state index is 0.0212. The Bertz CT molecular complexity index is 361. The second kappa shape index (κ2) is 5.66. The lowest BCUT2D eigenvalue weighted by Crippen LogP contribution is -2.34. The summed E-state index contributed by atoms with van der Waals surface area (Å²) in [4.78, 5) is 11.9. The Kier molecular flexibility index (Phi) is 4.50. The van der Waals surface area contributed by atoms with E-state index in [1.165, 1.54) is 0 Å². The first-order chi connectivity index (χ1) is 7.50. The molecule has 0 saturated carbocycles. The fourth-order valence-electron chi connectivity index (χ4n) is 1.70. The molecule has 1 aromatic rings. The summed E-state index contributed by atoms with van der Waals surface area (Å²) < 4.78 is 0. The summed E-state index contributed by atoms with van der Waals surface area (Å²) in [5, 5.41) is 12.1. The highest BCUT2D eigenvalue weighted by Crippen LogP contribution is 2.07. The van der Waals surface area contributed by atoms with Crippen molar-refractivity contribution in [2.24, 2.45) is 0 Å². The number of aliphatic hydroxyl groups excluding tert-OH is 1.